The molecule has 4 aromatic rings. The van der Waals surface area contributed by atoms with Gasteiger partial charge in [0.1, 0.15) is 0 Å². The number of H-pyrrole nitrogens is 1. The molecule has 1 aliphatic rings. The Morgan fingerprint density at radius 2 is 1.94 bits per heavy atom. The second-order valence-corrected chi connectivity index (χ2v) is 9.01. The first-order chi connectivity index (χ1) is 16.5. The molecule has 2 N–H and O–H groups in total. The summed E-state index contributed by atoms with van der Waals surface area (Å²) >= 11 is 5.99. The van der Waals surface area contributed by atoms with Crippen molar-refractivity contribution in [3.8, 4) is 22.5 Å². The highest BCUT2D eigenvalue weighted by Gasteiger charge is 2.43. The predicted octanol–water partition coefficient (Wildman–Crippen LogP) is 5.38. The molecule has 1 amide bonds. The maximum Gasteiger partial charge on any atom is 0.228 e. The lowest BCUT2D eigenvalue weighted by Gasteiger charge is -2.13. The lowest BCUT2D eigenvalue weighted by molar-refractivity contribution is -0.117. The number of aromatic amines is 1. The van der Waals surface area contributed by atoms with Crippen LogP contribution in [-0.4, -0.2) is 33.6 Å². The van der Waals surface area contributed by atoms with E-state index < -0.39 is 0 Å². The lowest BCUT2D eigenvalue weighted by Crippen LogP contribution is -2.14. The number of halogens is 1. The average molecular weight is 474 g/mol. The topological polar surface area (TPSA) is 92.8 Å². The van der Waals surface area contributed by atoms with Crippen LogP contribution in [0.3, 0.4) is 0 Å². The summed E-state index contributed by atoms with van der Waals surface area (Å²) in [4.78, 5) is 12.9. The maximum atomic E-state index is 12.9. The van der Waals surface area contributed by atoms with Crippen LogP contribution in [0.4, 0.5) is 5.69 Å². The molecule has 1 saturated carbocycles. The Balaban J connectivity index is 1.40. The monoisotopic (exact) mass is 473 g/mol. The van der Waals surface area contributed by atoms with Crippen molar-refractivity contribution in [1.82, 2.24) is 20.6 Å². The molecule has 1 aliphatic carbocycles. The molecule has 3 aromatic carbocycles. The van der Waals surface area contributed by atoms with Gasteiger partial charge in [-0.15, -0.1) is 5.10 Å². The lowest BCUT2D eigenvalue weighted by atomic mass is 9.95. The van der Waals surface area contributed by atoms with E-state index in [9.17, 15) is 4.79 Å². The van der Waals surface area contributed by atoms with Crippen molar-refractivity contribution < 1.29 is 9.53 Å². The number of ether oxygens (including phenoxy) is 1. The maximum absolute atomic E-state index is 12.9. The summed E-state index contributed by atoms with van der Waals surface area (Å²) in [7, 11) is 1.69. The highest BCUT2D eigenvalue weighted by atomic mass is 35.5. The number of rotatable bonds is 7. The normalized spacial score (nSPS) is 16.9. The number of carbonyl (C=O) groups excluding carboxylic acids is 1. The fraction of sp³-hybridized carbons (Fsp3) is 0.231. The Morgan fingerprint density at radius 3 is 2.65 bits per heavy atom. The van der Waals surface area contributed by atoms with Gasteiger partial charge in [0.2, 0.25) is 5.91 Å². The number of aromatic nitrogens is 4. The van der Waals surface area contributed by atoms with Crippen LogP contribution in [0, 0.1) is 12.8 Å². The number of aryl methyl sites for hydroxylation is 1. The highest BCUT2D eigenvalue weighted by molar-refractivity contribution is 6.30. The minimum Gasteiger partial charge on any atom is -0.380 e. The van der Waals surface area contributed by atoms with E-state index in [2.05, 4.69) is 51.1 Å². The summed E-state index contributed by atoms with van der Waals surface area (Å²) in [5, 5.41) is 18.2. The number of hydrogen-bond donors (Lipinski definition) is 2. The van der Waals surface area contributed by atoms with Gasteiger partial charge in [-0.3, -0.25) is 4.79 Å². The number of anilines is 1. The number of amides is 1. The Labute approximate surface area is 202 Å². The summed E-state index contributed by atoms with van der Waals surface area (Å²) in [6, 6.07) is 19.8. The molecule has 5 rings (SSSR count). The van der Waals surface area contributed by atoms with E-state index in [0.717, 1.165) is 39.8 Å². The van der Waals surface area contributed by atoms with Gasteiger partial charge in [-0.1, -0.05) is 48.0 Å². The third-order valence-corrected chi connectivity index (χ3v) is 6.52. The van der Waals surface area contributed by atoms with Gasteiger partial charge in [-0.2, -0.15) is 0 Å². The summed E-state index contributed by atoms with van der Waals surface area (Å²) in [5.74, 6) is 0.722. The van der Waals surface area contributed by atoms with Crippen LogP contribution in [0.2, 0.25) is 5.02 Å². The van der Waals surface area contributed by atoms with Crippen LogP contribution in [0.5, 0.6) is 0 Å². The van der Waals surface area contributed by atoms with E-state index in [1.165, 1.54) is 0 Å². The molecule has 0 saturated heterocycles. The first-order valence-corrected chi connectivity index (χ1v) is 11.4. The molecular weight excluding hydrogens is 450 g/mol. The molecule has 0 spiro atoms. The summed E-state index contributed by atoms with van der Waals surface area (Å²) in [6.07, 6.45) is 0.831. The quantitative estimate of drug-likeness (QED) is 0.375. The number of benzene rings is 3. The Morgan fingerprint density at radius 1 is 1.12 bits per heavy atom. The third kappa shape index (κ3) is 4.58. The summed E-state index contributed by atoms with van der Waals surface area (Å²) in [6.45, 7) is 2.63. The van der Waals surface area contributed by atoms with Crippen molar-refractivity contribution in [2.24, 2.45) is 5.92 Å². The van der Waals surface area contributed by atoms with Crippen molar-refractivity contribution in [1.29, 1.82) is 0 Å². The van der Waals surface area contributed by atoms with E-state index in [0.29, 0.717) is 23.1 Å². The zero-order valence-electron chi connectivity index (χ0n) is 18.9. The van der Waals surface area contributed by atoms with Gasteiger partial charge in [0.05, 0.1) is 6.61 Å². The molecule has 7 nitrogen and oxygen atoms in total. The van der Waals surface area contributed by atoms with Crippen molar-refractivity contribution in [2.75, 3.05) is 12.4 Å². The van der Waals surface area contributed by atoms with E-state index in [4.69, 9.17) is 16.3 Å². The summed E-state index contributed by atoms with van der Waals surface area (Å²) in [5.41, 5.74) is 6.93. The average Bonchev–Trinajstić information content (AvgIpc) is 3.45. The van der Waals surface area contributed by atoms with Crippen molar-refractivity contribution in [2.45, 2.75) is 25.9 Å². The fourth-order valence-electron chi connectivity index (χ4n) is 4.32. The predicted molar refractivity (Wildman–Crippen MR) is 131 cm³/mol. The van der Waals surface area contributed by atoms with Gasteiger partial charge in [-0.05, 0) is 81.8 Å². The Bertz CT molecular complexity index is 1320. The molecule has 1 heterocycles. The first-order valence-electron chi connectivity index (χ1n) is 11.1. The minimum absolute atomic E-state index is 0.00843. The molecule has 0 unspecified atom stereocenters. The second kappa shape index (κ2) is 9.37. The molecule has 2 atom stereocenters. The molecule has 0 radical (unpaired) electrons. The second-order valence-electron chi connectivity index (χ2n) is 8.57. The molecule has 1 aromatic heterocycles. The van der Waals surface area contributed by atoms with Crippen LogP contribution in [0.15, 0.2) is 60.7 Å². The van der Waals surface area contributed by atoms with Crippen LogP contribution in [0.1, 0.15) is 29.0 Å². The highest BCUT2D eigenvalue weighted by Crippen LogP contribution is 2.48. The molecule has 0 bridgehead atoms. The van der Waals surface area contributed by atoms with Gasteiger partial charge in [0.15, 0.2) is 5.82 Å². The van der Waals surface area contributed by atoms with Gasteiger partial charge >= 0.3 is 0 Å². The third-order valence-electron chi connectivity index (χ3n) is 6.27. The number of carbonyl (C=O) groups is 1. The number of nitrogens with zero attached hydrogens (tertiary/aromatic N) is 3. The number of tetrazole rings is 1. The van der Waals surface area contributed by atoms with Gasteiger partial charge in [0, 0.05) is 29.3 Å². The van der Waals surface area contributed by atoms with Crippen LogP contribution in [0.25, 0.3) is 22.5 Å². The number of methoxy groups -OCH3 is 1. The van der Waals surface area contributed by atoms with E-state index in [1.54, 1.807) is 7.11 Å². The van der Waals surface area contributed by atoms with E-state index in [1.807, 2.05) is 42.5 Å². The fourth-order valence-corrected chi connectivity index (χ4v) is 4.45. The molecule has 34 heavy (non-hydrogen) atoms. The first kappa shape index (κ1) is 22.3. The Hall–Kier alpha value is -3.55. The van der Waals surface area contributed by atoms with Crippen molar-refractivity contribution >= 4 is 23.2 Å². The van der Waals surface area contributed by atoms with Gasteiger partial charge in [0.25, 0.3) is 0 Å². The van der Waals surface area contributed by atoms with Crippen LogP contribution >= 0.6 is 11.6 Å². The smallest absolute Gasteiger partial charge is 0.228 e. The molecule has 172 valence electrons. The van der Waals surface area contributed by atoms with Crippen molar-refractivity contribution in [3.63, 3.8) is 0 Å². The molecular formula is C26H24ClN5O2. The largest absolute Gasteiger partial charge is 0.380 e. The molecule has 0 aliphatic heterocycles. The minimum atomic E-state index is -0.0489. The zero-order chi connectivity index (χ0) is 23.7. The number of hydrogen-bond acceptors (Lipinski definition) is 5. The van der Waals surface area contributed by atoms with Crippen LogP contribution < -0.4 is 5.32 Å². The van der Waals surface area contributed by atoms with E-state index in [-0.39, 0.29) is 17.7 Å². The molecule has 8 heteroatoms. The Kier molecular flexibility index (Phi) is 6.13. The standard InChI is InChI=1S/C26H24ClN5O2/c1-15-11-17(3-4-18(15)14-34-2)21-10-9-20(12-23(21)25-29-31-32-30-25)28-26(33)24-13-22(24)16-5-7-19(27)8-6-16/h3-12,22,24H,13-14H2,1-2H3,(H,28,33)(H,29,30,31,32)/t22-,24+/m0/s1. The zero-order valence-corrected chi connectivity index (χ0v) is 19.6. The number of nitrogens with one attached hydrogen (secondary N) is 2. The van der Waals surface area contributed by atoms with Gasteiger partial charge < -0.3 is 10.1 Å². The van der Waals surface area contributed by atoms with Crippen molar-refractivity contribution in [3.05, 3.63) is 82.4 Å². The van der Waals surface area contributed by atoms with Gasteiger partial charge in [-0.25, -0.2) is 5.10 Å². The SMILES string of the molecule is COCc1ccc(-c2ccc(NC(=O)[C@@H]3C[C@H]3c3ccc(Cl)cc3)cc2-c2nnn[nH]2)cc1C. The molecule has 1 fully saturated rings. The summed E-state index contributed by atoms with van der Waals surface area (Å²) < 4.78 is 5.28. The van der Waals surface area contributed by atoms with E-state index >= 15 is 0 Å². The van der Waals surface area contributed by atoms with Crippen LogP contribution in [-0.2, 0) is 16.1 Å².